The predicted octanol–water partition coefficient (Wildman–Crippen LogP) is 2.17. The van der Waals surface area contributed by atoms with Gasteiger partial charge in [-0.05, 0) is 26.2 Å². The number of rotatable bonds is 4. The summed E-state index contributed by atoms with van der Waals surface area (Å²) in [6.45, 7) is 5.70. The average molecular weight is 170 g/mol. The third-order valence-electron chi connectivity index (χ3n) is 2.42. The predicted molar refractivity (Wildman–Crippen MR) is 48.0 cm³/mol. The topological polar surface area (TPSA) is 26.3 Å². The van der Waals surface area contributed by atoms with Gasteiger partial charge in [-0.2, -0.15) is 0 Å². The number of hydrogen-bond acceptors (Lipinski definition) is 2. The van der Waals surface area contributed by atoms with Gasteiger partial charge in [-0.15, -0.1) is 0 Å². The summed E-state index contributed by atoms with van der Waals surface area (Å²) in [6, 6.07) is 0. The van der Waals surface area contributed by atoms with Gasteiger partial charge in [0, 0.05) is 5.92 Å². The van der Waals surface area contributed by atoms with Gasteiger partial charge in [-0.3, -0.25) is 4.79 Å². The highest BCUT2D eigenvalue weighted by Crippen LogP contribution is 2.23. The third kappa shape index (κ3) is 2.31. The van der Waals surface area contributed by atoms with Crippen LogP contribution >= 0.6 is 0 Å². The Morgan fingerprint density at radius 3 is 2.25 bits per heavy atom. The number of Topliss-reactive ketones (excluding diaryl/α,β-unsaturated/α-hetero) is 1. The summed E-state index contributed by atoms with van der Waals surface area (Å²) in [5, 5.41) is 0. The van der Waals surface area contributed by atoms with Crippen LogP contribution in [0.2, 0.25) is 0 Å². The Balaban J connectivity index is 2.26. The third-order valence-corrected chi connectivity index (χ3v) is 2.42. The van der Waals surface area contributed by atoms with Crippen LogP contribution in [0.25, 0.3) is 0 Å². The molecule has 1 aliphatic rings. The number of ketones is 1. The monoisotopic (exact) mass is 170 g/mol. The fourth-order valence-corrected chi connectivity index (χ4v) is 1.33. The first kappa shape index (κ1) is 9.72. The van der Waals surface area contributed by atoms with Gasteiger partial charge in [0.25, 0.3) is 0 Å². The van der Waals surface area contributed by atoms with E-state index in [2.05, 4.69) is 0 Å². The first-order valence-corrected chi connectivity index (χ1v) is 4.80. The van der Waals surface area contributed by atoms with Crippen LogP contribution in [0.3, 0.4) is 0 Å². The molecule has 0 amide bonds. The molecule has 1 atom stereocenters. The van der Waals surface area contributed by atoms with Gasteiger partial charge in [0.05, 0.1) is 6.10 Å². The molecule has 2 nitrogen and oxygen atoms in total. The molecule has 0 N–H and O–H groups in total. The summed E-state index contributed by atoms with van der Waals surface area (Å²) in [4.78, 5) is 11.4. The fourth-order valence-electron chi connectivity index (χ4n) is 1.33. The van der Waals surface area contributed by atoms with E-state index in [1.807, 2.05) is 20.8 Å². The minimum absolute atomic E-state index is 0.0973. The second-order valence-corrected chi connectivity index (χ2v) is 3.89. The molecule has 0 aliphatic heterocycles. The van der Waals surface area contributed by atoms with Crippen LogP contribution in [-0.4, -0.2) is 18.0 Å². The molecule has 0 aromatic heterocycles. The van der Waals surface area contributed by atoms with Crippen molar-refractivity contribution in [3.8, 4) is 0 Å². The molecule has 70 valence electrons. The first-order chi connectivity index (χ1) is 5.61. The molecule has 0 saturated heterocycles. The van der Waals surface area contributed by atoms with Crippen molar-refractivity contribution in [2.24, 2.45) is 5.92 Å². The van der Waals surface area contributed by atoms with E-state index < -0.39 is 0 Å². The van der Waals surface area contributed by atoms with Crippen molar-refractivity contribution in [1.82, 2.24) is 0 Å². The standard InChI is InChI=1S/C10H18O2/c1-7(2)10(11)8(3)12-9-5-4-6-9/h7-9H,4-6H2,1-3H3/t8-/m1/s1. The Bertz CT molecular complexity index is 159. The molecule has 1 rings (SSSR count). The molecule has 0 unspecified atom stereocenters. The van der Waals surface area contributed by atoms with Gasteiger partial charge in [0.15, 0.2) is 5.78 Å². The maximum Gasteiger partial charge on any atom is 0.163 e. The SMILES string of the molecule is CC(C)C(=O)[C@@H](C)OC1CCC1. The zero-order valence-corrected chi connectivity index (χ0v) is 8.17. The van der Waals surface area contributed by atoms with Crippen molar-refractivity contribution < 1.29 is 9.53 Å². The van der Waals surface area contributed by atoms with Crippen molar-refractivity contribution in [3.63, 3.8) is 0 Å². The van der Waals surface area contributed by atoms with Crippen LogP contribution in [-0.2, 0) is 9.53 Å². The Kier molecular flexibility index (Phi) is 3.27. The van der Waals surface area contributed by atoms with Gasteiger partial charge in [0.1, 0.15) is 6.10 Å². The number of carbonyl (C=O) groups is 1. The molecule has 1 fully saturated rings. The highest BCUT2D eigenvalue weighted by molar-refractivity contribution is 5.84. The van der Waals surface area contributed by atoms with Crippen LogP contribution in [0, 0.1) is 5.92 Å². The van der Waals surface area contributed by atoms with Gasteiger partial charge in [-0.25, -0.2) is 0 Å². The lowest BCUT2D eigenvalue weighted by Gasteiger charge is -2.28. The lowest BCUT2D eigenvalue weighted by atomic mass is 9.95. The molecule has 1 aliphatic carbocycles. The minimum Gasteiger partial charge on any atom is -0.368 e. The molecule has 0 heterocycles. The minimum atomic E-state index is -0.199. The van der Waals surface area contributed by atoms with Crippen molar-refractivity contribution in [2.75, 3.05) is 0 Å². The number of ether oxygens (including phenoxy) is 1. The van der Waals surface area contributed by atoms with E-state index in [0.29, 0.717) is 6.10 Å². The molecule has 0 aromatic rings. The molecule has 0 spiro atoms. The summed E-state index contributed by atoms with van der Waals surface area (Å²) >= 11 is 0. The van der Waals surface area contributed by atoms with Gasteiger partial charge in [0.2, 0.25) is 0 Å². The van der Waals surface area contributed by atoms with Crippen LogP contribution < -0.4 is 0 Å². The molecule has 0 bridgehead atoms. The number of carbonyl (C=O) groups excluding carboxylic acids is 1. The molecule has 1 saturated carbocycles. The van der Waals surface area contributed by atoms with E-state index in [4.69, 9.17) is 4.74 Å². The highest BCUT2D eigenvalue weighted by Gasteiger charge is 2.24. The zero-order valence-electron chi connectivity index (χ0n) is 8.17. The smallest absolute Gasteiger partial charge is 0.163 e. The second kappa shape index (κ2) is 4.04. The highest BCUT2D eigenvalue weighted by atomic mass is 16.5. The van der Waals surface area contributed by atoms with E-state index in [-0.39, 0.29) is 17.8 Å². The Labute approximate surface area is 74.3 Å². The average Bonchev–Trinajstić information content (AvgIpc) is 1.94. The van der Waals surface area contributed by atoms with E-state index in [0.717, 1.165) is 12.8 Å². The van der Waals surface area contributed by atoms with E-state index in [9.17, 15) is 4.79 Å². The van der Waals surface area contributed by atoms with Crippen molar-refractivity contribution >= 4 is 5.78 Å². The van der Waals surface area contributed by atoms with Crippen molar-refractivity contribution in [2.45, 2.75) is 52.2 Å². The van der Waals surface area contributed by atoms with Crippen molar-refractivity contribution in [3.05, 3.63) is 0 Å². The lowest BCUT2D eigenvalue weighted by molar-refractivity contribution is -0.139. The van der Waals surface area contributed by atoms with Gasteiger partial charge in [-0.1, -0.05) is 13.8 Å². The van der Waals surface area contributed by atoms with Crippen LogP contribution in [0.4, 0.5) is 0 Å². The quantitative estimate of drug-likeness (QED) is 0.646. The molecule has 0 radical (unpaired) electrons. The molecule has 12 heavy (non-hydrogen) atoms. The maximum absolute atomic E-state index is 11.4. The first-order valence-electron chi connectivity index (χ1n) is 4.80. The summed E-state index contributed by atoms with van der Waals surface area (Å²) in [6.07, 6.45) is 3.69. The lowest BCUT2D eigenvalue weighted by Crippen LogP contribution is -2.33. The van der Waals surface area contributed by atoms with Crippen LogP contribution in [0.1, 0.15) is 40.0 Å². The Morgan fingerprint density at radius 1 is 1.33 bits per heavy atom. The summed E-state index contributed by atoms with van der Waals surface area (Å²) in [5.41, 5.74) is 0. The summed E-state index contributed by atoms with van der Waals surface area (Å²) in [5.74, 6) is 0.321. The summed E-state index contributed by atoms with van der Waals surface area (Å²) < 4.78 is 5.56. The van der Waals surface area contributed by atoms with Crippen molar-refractivity contribution in [1.29, 1.82) is 0 Å². The maximum atomic E-state index is 11.4. The summed E-state index contributed by atoms with van der Waals surface area (Å²) in [7, 11) is 0. The normalized spacial score (nSPS) is 20.7. The second-order valence-electron chi connectivity index (χ2n) is 3.89. The van der Waals surface area contributed by atoms with Gasteiger partial charge < -0.3 is 4.74 Å². The van der Waals surface area contributed by atoms with Gasteiger partial charge >= 0.3 is 0 Å². The molecule has 2 heteroatoms. The molecular weight excluding hydrogens is 152 g/mol. The molecular formula is C10H18O2. The van der Waals surface area contributed by atoms with E-state index in [1.54, 1.807) is 0 Å². The van der Waals surface area contributed by atoms with Crippen LogP contribution in [0.15, 0.2) is 0 Å². The molecule has 0 aromatic carbocycles. The Hall–Kier alpha value is -0.370. The number of hydrogen-bond donors (Lipinski definition) is 0. The Morgan fingerprint density at radius 2 is 1.92 bits per heavy atom. The zero-order chi connectivity index (χ0) is 9.14. The fraction of sp³-hybridized carbons (Fsp3) is 0.900. The van der Waals surface area contributed by atoms with E-state index in [1.165, 1.54) is 6.42 Å². The van der Waals surface area contributed by atoms with E-state index >= 15 is 0 Å². The van der Waals surface area contributed by atoms with Crippen LogP contribution in [0.5, 0.6) is 0 Å². The largest absolute Gasteiger partial charge is 0.368 e.